The van der Waals surface area contributed by atoms with Gasteiger partial charge in [-0.3, -0.25) is 9.59 Å². The molecule has 0 unspecified atom stereocenters. The SMILES string of the molecule is COc1ccc(C[C@@H](NC(C)=O)C(=O)NC2CCN(C(=O)Nc3ccccc3F)CC2)cc1OC. The number of hydrogen-bond donors (Lipinski definition) is 3. The molecule has 35 heavy (non-hydrogen) atoms. The maximum atomic E-state index is 13.8. The lowest BCUT2D eigenvalue weighted by Crippen LogP contribution is -2.53. The van der Waals surface area contributed by atoms with E-state index in [-0.39, 0.29) is 36.0 Å². The largest absolute Gasteiger partial charge is 0.493 e. The summed E-state index contributed by atoms with van der Waals surface area (Å²) in [5.41, 5.74) is 0.928. The van der Waals surface area contributed by atoms with E-state index in [4.69, 9.17) is 9.47 Å². The molecule has 188 valence electrons. The molecule has 1 saturated heterocycles. The first kappa shape index (κ1) is 25.8. The first-order valence-electron chi connectivity index (χ1n) is 11.4. The van der Waals surface area contributed by atoms with Crippen molar-refractivity contribution in [3.05, 3.63) is 53.8 Å². The van der Waals surface area contributed by atoms with Crippen LogP contribution in [0.3, 0.4) is 0 Å². The molecule has 0 bridgehead atoms. The van der Waals surface area contributed by atoms with E-state index in [1.807, 2.05) is 6.07 Å². The van der Waals surface area contributed by atoms with Crippen LogP contribution in [0, 0.1) is 5.82 Å². The first-order valence-corrected chi connectivity index (χ1v) is 11.4. The smallest absolute Gasteiger partial charge is 0.321 e. The highest BCUT2D eigenvalue weighted by Gasteiger charge is 2.27. The van der Waals surface area contributed by atoms with Gasteiger partial charge < -0.3 is 30.3 Å². The molecule has 2 aromatic carbocycles. The minimum absolute atomic E-state index is 0.126. The fourth-order valence-corrected chi connectivity index (χ4v) is 3.98. The summed E-state index contributed by atoms with van der Waals surface area (Å²) in [7, 11) is 3.07. The van der Waals surface area contributed by atoms with Gasteiger partial charge in [0.2, 0.25) is 11.8 Å². The Labute approximate surface area is 204 Å². The van der Waals surface area contributed by atoms with Crippen molar-refractivity contribution in [1.29, 1.82) is 0 Å². The van der Waals surface area contributed by atoms with Crippen LogP contribution in [0.4, 0.5) is 14.9 Å². The third-order valence-corrected chi connectivity index (χ3v) is 5.83. The number of carbonyl (C=O) groups is 3. The molecule has 9 nitrogen and oxygen atoms in total. The predicted molar refractivity (Wildman–Crippen MR) is 129 cm³/mol. The number of ether oxygens (including phenoxy) is 2. The van der Waals surface area contributed by atoms with E-state index >= 15 is 0 Å². The number of nitrogens with zero attached hydrogens (tertiary/aromatic N) is 1. The van der Waals surface area contributed by atoms with Crippen molar-refractivity contribution in [2.45, 2.75) is 38.3 Å². The van der Waals surface area contributed by atoms with Gasteiger partial charge in [-0.1, -0.05) is 18.2 Å². The Hall–Kier alpha value is -3.82. The number of anilines is 1. The fourth-order valence-electron chi connectivity index (χ4n) is 3.98. The monoisotopic (exact) mass is 486 g/mol. The third-order valence-electron chi connectivity index (χ3n) is 5.83. The lowest BCUT2D eigenvalue weighted by molar-refractivity contribution is -0.128. The van der Waals surface area contributed by atoms with Gasteiger partial charge in [-0.25, -0.2) is 9.18 Å². The van der Waals surface area contributed by atoms with Crippen molar-refractivity contribution in [2.24, 2.45) is 0 Å². The van der Waals surface area contributed by atoms with E-state index in [0.717, 1.165) is 5.56 Å². The molecule has 0 aromatic heterocycles. The Bertz CT molecular complexity index is 1060. The second-order valence-electron chi connectivity index (χ2n) is 8.33. The molecule has 3 rings (SSSR count). The molecule has 1 aliphatic rings. The zero-order valence-corrected chi connectivity index (χ0v) is 20.1. The Kier molecular flexibility index (Phi) is 8.88. The molecule has 10 heteroatoms. The molecule has 1 heterocycles. The van der Waals surface area contributed by atoms with E-state index in [1.54, 1.807) is 36.3 Å². The van der Waals surface area contributed by atoms with Crippen LogP contribution in [0.25, 0.3) is 0 Å². The summed E-state index contributed by atoms with van der Waals surface area (Å²) in [5.74, 6) is -0.00779. The number of methoxy groups -OCH3 is 2. The average molecular weight is 487 g/mol. The first-order chi connectivity index (χ1) is 16.8. The summed E-state index contributed by atoms with van der Waals surface area (Å²) in [6.07, 6.45) is 1.36. The van der Waals surface area contributed by atoms with Crippen LogP contribution in [0.1, 0.15) is 25.3 Å². The summed E-state index contributed by atoms with van der Waals surface area (Å²) in [4.78, 5) is 38.8. The molecule has 3 N–H and O–H groups in total. The molecular weight excluding hydrogens is 455 g/mol. The fraction of sp³-hybridized carbons (Fsp3) is 0.400. The highest BCUT2D eigenvalue weighted by Crippen LogP contribution is 2.28. The minimum atomic E-state index is -0.770. The summed E-state index contributed by atoms with van der Waals surface area (Å²) in [5, 5.41) is 8.27. The highest BCUT2D eigenvalue weighted by atomic mass is 19.1. The molecule has 4 amide bonds. The van der Waals surface area contributed by atoms with Gasteiger partial charge in [0.05, 0.1) is 19.9 Å². The van der Waals surface area contributed by atoms with Crippen LogP contribution in [-0.4, -0.2) is 62.1 Å². The third kappa shape index (κ3) is 7.08. The lowest BCUT2D eigenvalue weighted by Gasteiger charge is -2.33. The predicted octanol–water partition coefficient (Wildman–Crippen LogP) is 2.70. The topological polar surface area (TPSA) is 109 Å². The molecule has 1 atom stereocenters. The van der Waals surface area contributed by atoms with E-state index in [9.17, 15) is 18.8 Å². The standard InChI is InChI=1S/C25H31FN4O5/c1-16(31)27-21(14-17-8-9-22(34-2)23(15-17)35-3)24(32)28-18-10-12-30(13-11-18)25(33)29-20-7-5-4-6-19(20)26/h4-9,15,18,21H,10-14H2,1-3H3,(H,27,31)(H,28,32)(H,29,33)/t21-/m1/s1. The molecule has 1 aliphatic heterocycles. The number of rotatable bonds is 8. The maximum Gasteiger partial charge on any atom is 0.321 e. The van der Waals surface area contributed by atoms with Crippen LogP contribution < -0.4 is 25.4 Å². The number of piperidine rings is 1. The minimum Gasteiger partial charge on any atom is -0.493 e. The van der Waals surface area contributed by atoms with Crippen LogP contribution in [0.15, 0.2) is 42.5 Å². The van der Waals surface area contributed by atoms with Crippen molar-refractivity contribution in [3.8, 4) is 11.5 Å². The van der Waals surface area contributed by atoms with Gasteiger partial charge in [0.25, 0.3) is 0 Å². The van der Waals surface area contributed by atoms with E-state index < -0.39 is 11.9 Å². The number of urea groups is 1. The quantitative estimate of drug-likeness (QED) is 0.532. The molecule has 2 aromatic rings. The number of amides is 4. The Morgan fingerprint density at radius 3 is 2.37 bits per heavy atom. The van der Waals surface area contributed by atoms with E-state index in [1.165, 1.54) is 26.2 Å². The van der Waals surface area contributed by atoms with Gasteiger partial charge in [-0.15, -0.1) is 0 Å². The highest BCUT2D eigenvalue weighted by molar-refractivity contribution is 5.89. The summed E-state index contributed by atoms with van der Waals surface area (Å²) >= 11 is 0. The number of halogens is 1. The molecule has 1 fully saturated rings. The number of carbonyl (C=O) groups excluding carboxylic acids is 3. The molecule has 0 saturated carbocycles. The lowest BCUT2D eigenvalue weighted by atomic mass is 10.0. The van der Waals surface area contributed by atoms with Gasteiger partial charge in [0, 0.05) is 32.5 Å². The van der Waals surface area contributed by atoms with Gasteiger partial charge in [0.15, 0.2) is 11.5 Å². The Morgan fingerprint density at radius 1 is 1.06 bits per heavy atom. The zero-order valence-electron chi connectivity index (χ0n) is 20.1. The van der Waals surface area contributed by atoms with Crippen molar-refractivity contribution in [3.63, 3.8) is 0 Å². The van der Waals surface area contributed by atoms with Gasteiger partial charge in [0.1, 0.15) is 11.9 Å². The summed E-state index contributed by atoms with van der Waals surface area (Å²) in [6, 6.07) is 10.0. The van der Waals surface area contributed by atoms with Crippen molar-refractivity contribution in [2.75, 3.05) is 32.6 Å². The van der Waals surface area contributed by atoms with Crippen molar-refractivity contribution >= 4 is 23.5 Å². The van der Waals surface area contributed by atoms with Crippen LogP contribution in [-0.2, 0) is 16.0 Å². The number of benzene rings is 2. The molecule has 0 radical (unpaired) electrons. The van der Waals surface area contributed by atoms with Gasteiger partial charge in [-0.05, 0) is 42.7 Å². The average Bonchev–Trinajstić information content (AvgIpc) is 2.85. The summed E-state index contributed by atoms with van der Waals surface area (Å²) < 4.78 is 24.4. The Morgan fingerprint density at radius 2 is 1.74 bits per heavy atom. The van der Waals surface area contributed by atoms with Gasteiger partial charge >= 0.3 is 6.03 Å². The number of hydrogen-bond acceptors (Lipinski definition) is 5. The van der Waals surface area contributed by atoms with Crippen LogP contribution in [0.5, 0.6) is 11.5 Å². The summed E-state index contributed by atoms with van der Waals surface area (Å²) in [6.45, 7) is 2.18. The van der Waals surface area contributed by atoms with Gasteiger partial charge in [-0.2, -0.15) is 0 Å². The number of likely N-dealkylation sites (tertiary alicyclic amines) is 1. The van der Waals surface area contributed by atoms with Crippen LogP contribution in [0.2, 0.25) is 0 Å². The second-order valence-corrected chi connectivity index (χ2v) is 8.33. The molecular formula is C25H31FN4O5. The van der Waals surface area contributed by atoms with E-state index in [2.05, 4.69) is 16.0 Å². The van der Waals surface area contributed by atoms with Crippen LogP contribution >= 0.6 is 0 Å². The second kappa shape index (κ2) is 12.0. The zero-order chi connectivity index (χ0) is 25.4. The normalized spacial score (nSPS) is 14.6. The van der Waals surface area contributed by atoms with Crippen molar-refractivity contribution in [1.82, 2.24) is 15.5 Å². The number of nitrogens with one attached hydrogen (secondary N) is 3. The van der Waals surface area contributed by atoms with E-state index in [0.29, 0.717) is 37.4 Å². The number of para-hydroxylation sites is 1. The molecule has 0 spiro atoms. The maximum absolute atomic E-state index is 13.8. The molecule has 0 aliphatic carbocycles. The van der Waals surface area contributed by atoms with Crippen molar-refractivity contribution < 1.29 is 28.2 Å². The Balaban J connectivity index is 1.56.